The molecule has 0 spiro atoms. The van der Waals surface area contributed by atoms with E-state index in [0.29, 0.717) is 30.6 Å². The molecule has 0 bridgehead atoms. The molecule has 0 atom stereocenters. The van der Waals surface area contributed by atoms with Gasteiger partial charge < -0.3 is 24.8 Å². The number of hydrogen-bond acceptors (Lipinski definition) is 5. The van der Waals surface area contributed by atoms with Crippen LogP contribution < -0.4 is 24.8 Å². The van der Waals surface area contributed by atoms with E-state index in [1.165, 1.54) is 12.3 Å². The van der Waals surface area contributed by atoms with Gasteiger partial charge in [0.2, 0.25) is 5.88 Å². The molecule has 10 heteroatoms. The zero-order valence-corrected chi connectivity index (χ0v) is 16.3. The number of methoxy groups -OCH3 is 1. The van der Waals surface area contributed by atoms with E-state index in [0.717, 1.165) is 11.3 Å². The number of rotatable bonds is 8. The third-order valence-corrected chi connectivity index (χ3v) is 3.59. The van der Waals surface area contributed by atoms with E-state index in [1.807, 2.05) is 13.0 Å². The van der Waals surface area contributed by atoms with Gasteiger partial charge in [0.25, 0.3) is 0 Å². The molecule has 0 radical (unpaired) electrons. The lowest BCUT2D eigenvalue weighted by atomic mass is 10.2. The highest BCUT2D eigenvalue weighted by Gasteiger charge is 2.28. The Kier molecular flexibility index (Phi) is 7.93. The van der Waals surface area contributed by atoms with Gasteiger partial charge in [0.15, 0.2) is 24.1 Å². The lowest BCUT2D eigenvalue weighted by Crippen LogP contribution is -2.30. The van der Waals surface area contributed by atoms with E-state index in [-0.39, 0.29) is 5.88 Å². The molecule has 1 aromatic carbocycles. The van der Waals surface area contributed by atoms with Gasteiger partial charge in [-0.1, -0.05) is 6.07 Å². The summed E-state index contributed by atoms with van der Waals surface area (Å²) in [4.78, 5) is 8.01. The van der Waals surface area contributed by atoms with Gasteiger partial charge in [0.1, 0.15) is 0 Å². The van der Waals surface area contributed by atoms with Crippen molar-refractivity contribution in [3.05, 3.63) is 42.1 Å². The van der Waals surface area contributed by atoms with Crippen molar-refractivity contribution in [3.8, 4) is 17.4 Å². The predicted molar refractivity (Wildman–Crippen MR) is 104 cm³/mol. The summed E-state index contributed by atoms with van der Waals surface area (Å²) in [5.41, 5.74) is 1.49. The first kappa shape index (κ1) is 22.1. The van der Waals surface area contributed by atoms with Crippen LogP contribution in [-0.4, -0.2) is 44.5 Å². The summed E-state index contributed by atoms with van der Waals surface area (Å²) < 4.78 is 51.9. The quantitative estimate of drug-likeness (QED) is 0.510. The maximum Gasteiger partial charge on any atom is 0.422 e. The van der Waals surface area contributed by atoms with E-state index in [9.17, 15) is 13.2 Å². The predicted octanol–water partition coefficient (Wildman–Crippen LogP) is 3.62. The molecule has 158 valence electrons. The van der Waals surface area contributed by atoms with E-state index in [1.54, 1.807) is 32.4 Å². The summed E-state index contributed by atoms with van der Waals surface area (Å²) in [6.45, 7) is 1.40. The maximum atomic E-state index is 12.2. The maximum absolute atomic E-state index is 12.2. The summed E-state index contributed by atoms with van der Waals surface area (Å²) in [6, 6.07) is 8.41. The highest BCUT2D eigenvalue weighted by Crippen LogP contribution is 2.30. The fourth-order valence-electron chi connectivity index (χ4n) is 2.28. The summed E-state index contributed by atoms with van der Waals surface area (Å²) in [7, 11) is 3.18. The molecule has 1 heterocycles. The van der Waals surface area contributed by atoms with Crippen molar-refractivity contribution >= 4 is 11.6 Å². The van der Waals surface area contributed by atoms with Crippen molar-refractivity contribution in [1.82, 2.24) is 10.3 Å². The first-order valence-corrected chi connectivity index (χ1v) is 8.77. The lowest BCUT2D eigenvalue weighted by Gasteiger charge is -2.14. The number of aliphatic imine (C=N–C) groups is 1. The first-order valence-electron chi connectivity index (χ1n) is 8.77. The van der Waals surface area contributed by atoms with Crippen molar-refractivity contribution in [2.24, 2.45) is 4.99 Å². The van der Waals surface area contributed by atoms with Crippen LogP contribution >= 0.6 is 0 Å². The zero-order valence-electron chi connectivity index (χ0n) is 16.3. The number of pyridine rings is 1. The number of alkyl halides is 3. The second-order valence-electron chi connectivity index (χ2n) is 5.76. The summed E-state index contributed by atoms with van der Waals surface area (Å²) >= 11 is 0. The number of hydrogen-bond donors (Lipinski definition) is 2. The monoisotopic (exact) mass is 412 g/mol. The standard InChI is InChI=1S/C19H23F3N4O3/c1-4-28-15-7-6-14(9-16(15)27-3)26-18(23-2)25-11-13-5-8-17(24-10-13)29-12-19(20,21)22/h5-10H,4,11-12H2,1-3H3,(H2,23,25,26). The molecule has 0 amide bonds. The number of halogens is 3. The normalized spacial score (nSPS) is 11.7. The SMILES string of the molecule is CCOc1ccc(NC(=NC)NCc2ccc(OCC(F)(F)F)nc2)cc1OC. The van der Waals surface area contributed by atoms with E-state index in [4.69, 9.17) is 9.47 Å². The van der Waals surface area contributed by atoms with Crippen molar-refractivity contribution in [1.29, 1.82) is 0 Å². The number of anilines is 1. The minimum Gasteiger partial charge on any atom is -0.493 e. The molecule has 0 aliphatic heterocycles. The smallest absolute Gasteiger partial charge is 0.422 e. The topological polar surface area (TPSA) is 77.0 Å². The molecule has 2 aromatic rings. The lowest BCUT2D eigenvalue weighted by molar-refractivity contribution is -0.154. The minimum atomic E-state index is -4.40. The first-order chi connectivity index (χ1) is 13.8. The van der Waals surface area contributed by atoms with Crippen molar-refractivity contribution in [2.75, 3.05) is 32.7 Å². The van der Waals surface area contributed by atoms with Gasteiger partial charge in [-0.05, 0) is 24.6 Å². The highest BCUT2D eigenvalue weighted by molar-refractivity contribution is 5.93. The Morgan fingerprint density at radius 1 is 1.14 bits per heavy atom. The van der Waals surface area contributed by atoms with Crippen molar-refractivity contribution in [2.45, 2.75) is 19.6 Å². The van der Waals surface area contributed by atoms with Crippen molar-refractivity contribution < 1.29 is 27.4 Å². The Bertz CT molecular complexity index is 811. The van der Waals surface area contributed by atoms with Gasteiger partial charge in [0, 0.05) is 37.6 Å². The fourth-order valence-corrected chi connectivity index (χ4v) is 2.28. The van der Waals surface area contributed by atoms with Gasteiger partial charge in [-0.15, -0.1) is 0 Å². The molecule has 0 saturated heterocycles. The third-order valence-electron chi connectivity index (χ3n) is 3.59. The van der Waals surface area contributed by atoms with E-state index in [2.05, 4.69) is 25.3 Å². The molecule has 2 N–H and O–H groups in total. The van der Waals surface area contributed by atoms with Crippen LogP contribution in [0, 0.1) is 0 Å². The van der Waals surface area contributed by atoms with Crippen LogP contribution in [0.4, 0.5) is 18.9 Å². The molecule has 1 aromatic heterocycles. The second-order valence-corrected chi connectivity index (χ2v) is 5.76. The Morgan fingerprint density at radius 3 is 2.52 bits per heavy atom. The molecular weight excluding hydrogens is 389 g/mol. The van der Waals surface area contributed by atoms with Crippen LogP contribution in [0.15, 0.2) is 41.5 Å². The van der Waals surface area contributed by atoms with Crippen LogP contribution in [0.25, 0.3) is 0 Å². The summed E-state index contributed by atoms with van der Waals surface area (Å²) in [5, 5.41) is 6.22. The molecule has 2 rings (SSSR count). The summed E-state index contributed by atoms with van der Waals surface area (Å²) in [6.07, 6.45) is -2.96. The number of guanidine groups is 1. The highest BCUT2D eigenvalue weighted by atomic mass is 19.4. The Balaban J connectivity index is 1.92. The number of benzene rings is 1. The van der Waals surface area contributed by atoms with Crippen LogP contribution in [0.2, 0.25) is 0 Å². The largest absolute Gasteiger partial charge is 0.493 e. The van der Waals surface area contributed by atoms with Crippen LogP contribution in [-0.2, 0) is 6.54 Å². The molecular formula is C19H23F3N4O3. The molecule has 0 aliphatic carbocycles. The Morgan fingerprint density at radius 2 is 1.93 bits per heavy atom. The zero-order chi connectivity index (χ0) is 21.3. The van der Waals surface area contributed by atoms with Gasteiger partial charge in [-0.2, -0.15) is 13.2 Å². The molecule has 0 saturated carbocycles. The van der Waals surface area contributed by atoms with Crippen molar-refractivity contribution in [3.63, 3.8) is 0 Å². The number of nitrogens with zero attached hydrogens (tertiary/aromatic N) is 2. The molecule has 29 heavy (non-hydrogen) atoms. The molecule has 0 aliphatic rings. The molecule has 0 fully saturated rings. The van der Waals surface area contributed by atoms with Gasteiger partial charge >= 0.3 is 6.18 Å². The average molecular weight is 412 g/mol. The third kappa shape index (κ3) is 7.40. The second kappa shape index (κ2) is 10.4. The molecule has 0 unspecified atom stereocenters. The number of aromatic nitrogens is 1. The molecule has 7 nitrogen and oxygen atoms in total. The van der Waals surface area contributed by atoms with E-state index < -0.39 is 12.8 Å². The summed E-state index contributed by atoms with van der Waals surface area (Å²) in [5.74, 6) is 1.64. The Hall–Kier alpha value is -3.17. The number of ether oxygens (including phenoxy) is 3. The van der Waals surface area contributed by atoms with Gasteiger partial charge in [-0.25, -0.2) is 4.98 Å². The van der Waals surface area contributed by atoms with Gasteiger partial charge in [-0.3, -0.25) is 4.99 Å². The van der Waals surface area contributed by atoms with Crippen LogP contribution in [0.3, 0.4) is 0 Å². The van der Waals surface area contributed by atoms with E-state index >= 15 is 0 Å². The average Bonchev–Trinajstić information content (AvgIpc) is 2.70. The number of nitrogens with one attached hydrogen (secondary N) is 2. The fraction of sp³-hybridized carbons (Fsp3) is 0.368. The Labute approximate surface area is 166 Å². The van der Waals surface area contributed by atoms with Crippen LogP contribution in [0.1, 0.15) is 12.5 Å². The minimum absolute atomic E-state index is 0.0879. The van der Waals surface area contributed by atoms with Crippen LogP contribution in [0.5, 0.6) is 17.4 Å². The van der Waals surface area contributed by atoms with Gasteiger partial charge in [0.05, 0.1) is 13.7 Å².